The standard InChI is InChI=1S/C22H26N2O6/c1-22(13-24(28)21(27)15-7-4-3-5-8-15)14-30-18(19(22)25)12-23-20(26)16-9-6-10-17(11-16)29-2/h3-11,18-19,25,28H,12-14H2,1-2H3,(H,23,26)/t18-,19-,22-/m1/s1. The smallest absolute Gasteiger partial charge is 0.277 e. The van der Waals surface area contributed by atoms with E-state index in [4.69, 9.17) is 9.47 Å². The predicted molar refractivity (Wildman–Crippen MR) is 108 cm³/mol. The van der Waals surface area contributed by atoms with Crippen LogP contribution in [0.4, 0.5) is 0 Å². The van der Waals surface area contributed by atoms with E-state index in [0.717, 1.165) is 0 Å². The Morgan fingerprint density at radius 1 is 1.20 bits per heavy atom. The maximum absolute atomic E-state index is 12.4. The molecule has 3 atom stereocenters. The molecule has 3 N–H and O–H groups in total. The predicted octanol–water partition coefficient (Wildman–Crippen LogP) is 1.72. The summed E-state index contributed by atoms with van der Waals surface area (Å²) in [6.07, 6.45) is -1.65. The van der Waals surface area contributed by atoms with Gasteiger partial charge in [0.05, 0.1) is 26.4 Å². The van der Waals surface area contributed by atoms with Gasteiger partial charge in [0, 0.05) is 23.1 Å². The molecule has 0 saturated carbocycles. The van der Waals surface area contributed by atoms with Crippen LogP contribution in [0, 0.1) is 5.41 Å². The van der Waals surface area contributed by atoms with Crippen LogP contribution in [0.5, 0.6) is 5.75 Å². The van der Waals surface area contributed by atoms with Crippen LogP contribution in [0.25, 0.3) is 0 Å². The topological polar surface area (TPSA) is 108 Å². The molecule has 3 rings (SSSR count). The number of ether oxygens (including phenoxy) is 2. The number of amides is 2. The number of benzene rings is 2. The number of rotatable bonds is 7. The molecule has 30 heavy (non-hydrogen) atoms. The normalized spacial score (nSPS) is 23.1. The lowest BCUT2D eigenvalue weighted by atomic mass is 9.84. The van der Waals surface area contributed by atoms with Gasteiger partial charge in [0.15, 0.2) is 0 Å². The molecule has 160 valence electrons. The molecule has 8 heteroatoms. The lowest BCUT2D eigenvalue weighted by molar-refractivity contribution is -0.0940. The maximum atomic E-state index is 12.4. The van der Waals surface area contributed by atoms with Crippen LogP contribution in [0.15, 0.2) is 54.6 Å². The van der Waals surface area contributed by atoms with Gasteiger partial charge in [0.1, 0.15) is 11.9 Å². The van der Waals surface area contributed by atoms with Crippen molar-refractivity contribution in [2.45, 2.75) is 19.1 Å². The summed E-state index contributed by atoms with van der Waals surface area (Å²) in [7, 11) is 1.52. The van der Waals surface area contributed by atoms with Crippen molar-refractivity contribution >= 4 is 11.8 Å². The first-order valence-corrected chi connectivity index (χ1v) is 9.62. The SMILES string of the molecule is COc1cccc(C(=O)NC[C@H]2OC[C@@](C)(CN(O)C(=O)c3ccccc3)[C@@H]2O)c1. The summed E-state index contributed by atoms with van der Waals surface area (Å²) in [5.74, 6) is -0.307. The number of hydrogen-bond donors (Lipinski definition) is 3. The highest BCUT2D eigenvalue weighted by molar-refractivity contribution is 5.94. The number of nitrogens with zero attached hydrogens (tertiary/aromatic N) is 1. The molecule has 0 spiro atoms. The van der Waals surface area contributed by atoms with Crippen molar-refractivity contribution in [1.82, 2.24) is 10.4 Å². The van der Waals surface area contributed by atoms with E-state index in [1.54, 1.807) is 61.5 Å². The van der Waals surface area contributed by atoms with Gasteiger partial charge in [-0.05, 0) is 30.3 Å². The Balaban J connectivity index is 1.57. The van der Waals surface area contributed by atoms with Crippen LogP contribution in [0.1, 0.15) is 27.6 Å². The first-order chi connectivity index (χ1) is 14.3. The van der Waals surface area contributed by atoms with Crippen molar-refractivity contribution in [3.8, 4) is 5.75 Å². The molecule has 1 aliphatic rings. The summed E-state index contributed by atoms with van der Waals surface area (Å²) in [4.78, 5) is 24.7. The molecule has 0 aromatic heterocycles. The molecule has 1 aliphatic heterocycles. The van der Waals surface area contributed by atoms with E-state index in [1.165, 1.54) is 7.11 Å². The van der Waals surface area contributed by atoms with Crippen LogP contribution in [-0.2, 0) is 4.74 Å². The monoisotopic (exact) mass is 414 g/mol. The van der Waals surface area contributed by atoms with Gasteiger partial charge < -0.3 is 19.9 Å². The molecule has 1 fully saturated rings. The number of carbonyl (C=O) groups excluding carboxylic acids is 2. The van der Waals surface area contributed by atoms with Gasteiger partial charge in [0.25, 0.3) is 11.8 Å². The van der Waals surface area contributed by atoms with Crippen molar-refractivity contribution in [2.75, 3.05) is 26.8 Å². The third kappa shape index (κ3) is 4.79. The second kappa shape index (κ2) is 9.25. The van der Waals surface area contributed by atoms with E-state index in [-0.39, 0.29) is 25.6 Å². The van der Waals surface area contributed by atoms with Crippen molar-refractivity contribution in [2.24, 2.45) is 5.41 Å². The van der Waals surface area contributed by atoms with Gasteiger partial charge in [-0.25, -0.2) is 5.06 Å². The number of nitrogens with one attached hydrogen (secondary N) is 1. The van der Waals surface area contributed by atoms with Crippen LogP contribution >= 0.6 is 0 Å². The highest BCUT2D eigenvalue weighted by atomic mass is 16.5. The molecule has 0 aliphatic carbocycles. The molecule has 0 bridgehead atoms. The highest BCUT2D eigenvalue weighted by Crippen LogP contribution is 2.33. The molecule has 2 amide bonds. The van der Waals surface area contributed by atoms with Crippen molar-refractivity contribution < 1.29 is 29.4 Å². The number of carbonyl (C=O) groups is 2. The Morgan fingerprint density at radius 3 is 2.60 bits per heavy atom. The van der Waals surface area contributed by atoms with Gasteiger partial charge in [-0.1, -0.05) is 31.2 Å². The minimum absolute atomic E-state index is 0.0882. The van der Waals surface area contributed by atoms with E-state index < -0.39 is 23.5 Å². The lowest BCUT2D eigenvalue weighted by Gasteiger charge is -2.31. The number of aliphatic hydroxyl groups excluding tert-OH is 1. The van der Waals surface area contributed by atoms with Crippen LogP contribution in [0.3, 0.4) is 0 Å². The van der Waals surface area contributed by atoms with E-state index in [1.807, 2.05) is 0 Å². The number of hydroxylamine groups is 2. The summed E-state index contributed by atoms with van der Waals surface area (Å²) in [5, 5.41) is 24.3. The molecule has 8 nitrogen and oxygen atoms in total. The summed E-state index contributed by atoms with van der Waals surface area (Å²) in [5.41, 5.74) is -0.108. The fraction of sp³-hybridized carbons (Fsp3) is 0.364. The summed E-state index contributed by atoms with van der Waals surface area (Å²) in [6.45, 7) is 1.84. The first kappa shape index (κ1) is 21.8. The molecule has 0 radical (unpaired) electrons. The zero-order valence-corrected chi connectivity index (χ0v) is 16.9. The van der Waals surface area contributed by atoms with Gasteiger partial charge in [-0.2, -0.15) is 0 Å². The number of methoxy groups -OCH3 is 1. The third-order valence-electron chi connectivity index (χ3n) is 5.26. The van der Waals surface area contributed by atoms with E-state index >= 15 is 0 Å². The number of hydrogen-bond acceptors (Lipinski definition) is 6. The zero-order valence-electron chi connectivity index (χ0n) is 16.9. The number of aliphatic hydroxyl groups is 1. The average Bonchev–Trinajstić information content (AvgIpc) is 3.05. The molecule has 1 saturated heterocycles. The van der Waals surface area contributed by atoms with E-state index in [9.17, 15) is 19.9 Å². The second-order valence-corrected chi connectivity index (χ2v) is 7.62. The van der Waals surface area contributed by atoms with Gasteiger partial charge in [-0.15, -0.1) is 0 Å². The van der Waals surface area contributed by atoms with Gasteiger partial charge in [-0.3, -0.25) is 14.8 Å². The van der Waals surface area contributed by atoms with E-state index in [2.05, 4.69) is 5.32 Å². The van der Waals surface area contributed by atoms with Crippen LogP contribution in [0.2, 0.25) is 0 Å². The summed E-state index contributed by atoms with van der Waals surface area (Å²) < 4.78 is 10.8. The minimum Gasteiger partial charge on any atom is -0.497 e. The summed E-state index contributed by atoms with van der Waals surface area (Å²) in [6, 6.07) is 15.1. The van der Waals surface area contributed by atoms with Crippen molar-refractivity contribution in [3.63, 3.8) is 0 Å². The second-order valence-electron chi connectivity index (χ2n) is 7.62. The van der Waals surface area contributed by atoms with Gasteiger partial charge >= 0.3 is 0 Å². The van der Waals surface area contributed by atoms with Crippen molar-refractivity contribution in [3.05, 3.63) is 65.7 Å². The Morgan fingerprint density at radius 2 is 1.90 bits per heavy atom. The Hall–Kier alpha value is -2.94. The Labute approximate surface area is 175 Å². The van der Waals surface area contributed by atoms with Gasteiger partial charge in [0.2, 0.25) is 0 Å². The fourth-order valence-corrected chi connectivity index (χ4v) is 3.44. The zero-order chi connectivity index (χ0) is 21.7. The Bertz CT molecular complexity index is 890. The fourth-order valence-electron chi connectivity index (χ4n) is 3.44. The maximum Gasteiger partial charge on any atom is 0.277 e. The lowest BCUT2D eigenvalue weighted by Crippen LogP contribution is -2.47. The average molecular weight is 414 g/mol. The van der Waals surface area contributed by atoms with Crippen LogP contribution in [-0.4, -0.2) is 66.2 Å². The molecule has 0 unspecified atom stereocenters. The molecule has 2 aromatic rings. The third-order valence-corrected chi connectivity index (χ3v) is 5.26. The van der Waals surface area contributed by atoms with E-state index in [0.29, 0.717) is 21.9 Å². The molecule has 1 heterocycles. The summed E-state index contributed by atoms with van der Waals surface area (Å²) >= 11 is 0. The minimum atomic E-state index is -0.985. The largest absolute Gasteiger partial charge is 0.497 e. The first-order valence-electron chi connectivity index (χ1n) is 9.62. The quantitative estimate of drug-likeness (QED) is 0.470. The molecular formula is C22H26N2O6. The van der Waals surface area contributed by atoms with Crippen LogP contribution < -0.4 is 10.1 Å². The molecule has 2 aromatic carbocycles. The Kier molecular flexibility index (Phi) is 6.71. The van der Waals surface area contributed by atoms with Crippen molar-refractivity contribution in [1.29, 1.82) is 0 Å². The highest BCUT2D eigenvalue weighted by Gasteiger charge is 2.47. The molecular weight excluding hydrogens is 388 g/mol.